The Morgan fingerprint density at radius 2 is 2.09 bits per heavy atom. The third-order valence-electron chi connectivity index (χ3n) is 2.89. The summed E-state index contributed by atoms with van der Waals surface area (Å²) >= 11 is 3.46. The van der Waals surface area contributed by atoms with Crippen molar-refractivity contribution in [3.8, 4) is 5.75 Å². The van der Waals surface area contributed by atoms with Crippen LogP contribution in [-0.4, -0.2) is 51.1 Å². The Hall–Kier alpha value is -1.76. The summed E-state index contributed by atoms with van der Waals surface area (Å²) in [4.78, 5) is 17.6. The fourth-order valence-corrected chi connectivity index (χ4v) is 2.23. The molecule has 0 aliphatic rings. The van der Waals surface area contributed by atoms with Crippen molar-refractivity contribution < 1.29 is 9.53 Å². The summed E-state index contributed by atoms with van der Waals surface area (Å²) in [6.07, 6.45) is 0. The van der Waals surface area contributed by atoms with Gasteiger partial charge in [-0.05, 0) is 40.5 Å². The highest BCUT2D eigenvalue weighted by Crippen LogP contribution is 2.25. The van der Waals surface area contributed by atoms with E-state index in [1.807, 2.05) is 25.1 Å². The first-order valence-corrected chi connectivity index (χ1v) is 7.82. The standard InChI is InChI=1S/C15H23BrN4O2/c1-5-17-15(19-10-14(21)20(2)3)18-9-11-6-7-13(22-4)12(16)8-11/h6-8H,5,9-10H2,1-4H3,(H2,17,18,19). The average Bonchev–Trinajstić information content (AvgIpc) is 2.49. The Labute approximate surface area is 140 Å². The highest BCUT2D eigenvalue weighted by molar-refractivity contribution is 9.10. The van der Waals surface area contributed by atoms with Gasteiger partial charge in [0.05, 0.1) is 24.7 Å². The second kappa shape index (κ2) is 9.30. The molecule has 2 N–H and O–H groups in total. The van der Waals surface area contributed by atoms with Crippen LogP contribution >= 0.6 is 15.9 Å². The zero-order chi connectivity index (χ0) is 16.5. The molecule has 1 amide bonds. The van der Waals surface area contributed by atoms with E-state index in [0.29, 0.717) is 12.5 Å². The van der Waals surface area contributed by atoms with Crippen molar-refractivity contribution in [2.45, 2.75) is 13.5 Å². The molecule has 22 heavy (non-hydrogen) atoms. The van der Waals surface area contributed by atoms with Gasteiger partial charge in [-0.15, -0.1) is 0 Å². The number of guanidine groups is 1. The van der Waals surface area contributed by atoms with Crippen LogP contribution in [0.1, 0.15) is 12.5 Å². The smallest absolute Gasteiger partial charge is 0.241 e. The first-order chi connectivity index (χ1) is 10.5. The number of likely N-dealkylation sites (N-methyl/N-ethyl adjacent to an activating group) is 1. The number of methoxy groups -OCH3 is 1. The van der Waals surface area contributed by atoms with Gasteiger partial charge in [0.15, 0.2) is 5.96 Å². The lowest BCUT2D eigenvalue weighted by Gasteiger charge is -2.14. The van der Waals surface area contributed by atoms with Gasteiger partial charge in [-0.25, -0.2) is 4.99 Å². The van der Waals surface area contributed by atoms with Gasteiger partial charge < -0.3 is 20.3 Å². The lowest BCUT2D eigenvalue weighted by molar-refractivity contribution is -0.127. The number of rotatable bonds is 6. The molecule has 0 aliphatic heterocycles. The topological polar surface area (TPSA) is 66.0 Å². The molecule has 0 radical (unpaired) electrons. The number of hydrogen-bond acceptors (Lipinski definition) is 3. The minimum atomic E-state index is -0.00204. The van der Waals surface area contributed by atoms with E-state index in [-0.39, 0.29) is 12.5 Å². The number of nitrogens with zero attached hydrogens (tertiary/aromatic N) is 2. The monoisotopic (exact) mass is 370 g/mol. The van der Waals surface area contributed by atoms with Crippen LogP contribution in [0.3, 0.4) is 0 Å². The van der Waals surface area contributed by atoms with E-state index in [1.165, 1.54) is 4.90 Å². The number of amides is 1. The van der Waals surface area contributed by atoms with Crippen LogP contribution in [0.4, 0.5) is 0 Å². The highest BCUT2D eigenvalue weighted by Gasteiger charge is 2.06. The Morgan fingerprint density at radius 3 is 2.64 bits per heavy atom. The predicted molar refractivity (Wildman–Crippen MR) is 92.2 cm³/mol. The zero-order valence-electron chi connectivity index (χ0n) is 13.4. The van der Waals surface area contributed by atoms with Crippen LogP contribution in [0, 0.1) is 0 Å². The molecule has 0 unspecified atom stereocenters. The van der Waals surface area contributed by atoms with Gasteiger partial charge in [-0.3, -0.25) is 4.79 Å². The van der Waals surface area contributed by atoms with Crippen molar-refractivity contribution in [3.63, 3.8) is 0 Å². The van der Waals surface area contributed by atoms with E-state index in [4.69, 9.17) is 4.74 Å². The summed E-state index contributed by atoms with van der Waals surface area (Å²) in [7, 11) is 5.08. The van der Waals surface area contributed by atoms with Crippen molar-refractivity contribution in [2.24, 2.45) is 4.99 Å². The predicted octanol–water partition coefficient (Wildman–Crippen LogP) is 1.60. The van der Waals surface area contributed by atoms with Gasteiger partial charge >= 0.3 is 0 Å². The van der Waals surface area contributed by atoms with E-state index >= 15 is 0 Å². The van der Waals surface area contributed by atoms with Gasteiger partial charge in [0.1, 0.15) is 5.75 Å². The maximum atomic E-state index is 11.6. The number of halogens is 1. The summed E-state index contributed by atoms with van der Waals surface area (Å²) in [6, 6.07) is 5.82. The second-order valence-electron chi connectivity index (χ2n) is 4.81. The molecule has 1 aromatic rings. The summed E-state index contributed by atoms with van der Waals surface area (Å²) in [5.74, 6) is 1.40. The molecule has 7 heteroatoms. The van der Waals surface area contributed by atoms with E-state index in [0.717, 1.165) is 22.3 Å². The molecule has 0 saturated heterocycles. The number of carbonyl (C=O) groups is 1. The lowest BCUT2D eigenvalue weighted by atomic mass is 10.2. The SMILES string of the molecule is CCNC(=NCc1ccc(OC)c(Br)c1)NCC(=O)N(C)C. The maximum Gasteiger partial charge on any atom is 0.241 e. The van der Waals surface area contributed by atoms with Gasteiger partial charge in [-0.1, -0.05) is 6.07 Å². The summed E-state index contributed by atoms with van der Waals surface area (Å²) in [5.41, 5.74) is 1.05. The van der Waals surface area contributed by atoms with Crippen LogP contribution in [0.5, 0.6) is 5.75 Å². The molecule has 0 aromatic heterocycles. The molecule has 0 spiro atoms. The molecule has 1 rings (SSSR count). The molecule has 0 heterocycles. The van der Waals surface area contributed by atoms with Crippen LogP contribution in [0.25, 0.3) is 0 Å². The Balaban J connectivity index is 2.69. The van der Waals surface area contributed by atoms with Crippen molar-refractivity contribution in [2.75, 3.05) is 34.3 Å². The minimum Gasteiger partial charge on any atom is -0.496 e. The quantitative estimate of drug-likeness (QED) is 0.589. The van der Waals surface area contributed by atoms with Crippen LogP contribution < -0.4 is 15.4 Å². The third kappa shape index (κ3) is 5.93. The number of aliphatic imine (C=N–C) groups is 1. The molecular weight excluding hydrogens is 348 g/mol. The van der Waals surface area contributed by atoms with Gasteiger partial charge in [0.25, 0.3) is 0 Å². The number of ether oxygens (including phenoxy) is 1. The van der Waals surface area contributed by atoms with E-state index in [9.17, 15) is 4.79 Å². The zero-order valence-corrected chi connectivity index (χ0v) is 15.0. The fraction of sp³-hybridized carbons (Fsp3) is 0.467. The van der Waals surface area contributed by atoms with Crippen LogP contribution in [0.2, 0.25) is 0 Å². The van der Waals surface area contributed by atoms with E-state index in [2.05, 4.69) is 31.6 Å². The molecule has 1 aromatic carbocycles. The van der Waals surface area contributed by atoms with Crippen molar-refractivity contribution in [3.05, 3.63) is 28.2 Å². The van der Waals surface area contributed by atoms with Crippen LogP contribution in [0.15, 0.2) is 27.7 Å². The number of hydrogen-bond donors (Lipinski definition) is 2. The molecule has 0 saturated carbocycles. The Morgan fingerprint density at radius 1 is 1.36 bits per heavy atom. The Bertz CT molecular complexity index is 532. The van der Waals surface area contributed by atoms with Gasteiger partial charge in [0, 0.05) is 20.6 Å². The van der Waals surface area contributed by atoms with Crippen molar-refractivity contribution >= 4 is 27.8 Å². The normalized spacial score (nSPS) is 11.0. The van der Waals surface area contributed by atoms with Gasteiger partial charge in [0.2, 0.25) is 5.91 Å². The Kier molecular flexibility index (Phi) is 7.73. The number of benzene rings is 1. The maximum absolute atomic E-state index is 11.6. The minimum absolute atomic E-state index is 0.00204. The van der Waals surface area contributed by atoms with Gasteiger partial charge in [-0.2, -0.15) is 0 Å². The van der Waals surface area contributed by atoms with E-state index < -0.39 is 0 Å². The van der Waals surface area contributed by atoms with Crippen molar-refractivity contribution in [1.29, 1.82) is 0 Å². The number of carbonyl (C=O) groups excluding carboxylic acids is 1. The average molecular weight is 371 g/mol. The largest absolute Gasteiger partial charge is 0.496 e. The van der Waals surface area contributed by atoms with E-state index in [1.54, 1.807) is 21.2 Å². The second-order valence-corrected chi connectivity index (χ2v) is 5.66. The number of nitrogens with one attached hydrogen (secondary N) is 2. The lowest BCUT2D eigenvalue weighted by Crippen LogP contribution is -2.42. The molecule has 0 aliphatic carbocycles. The highest BCUT2D eigenvalue weighted by atomic mass is 79.9. The first kappa shape index (κ1) is 18.3. The molecule has 0 atom stereocenters. The van der Waals surface area contributed by atoms with Crippen LogP contribution in [-0.2, 0) is 11.3 Å². The molecular formula is C15H23BrN4O2. The first-order valence-electron chi connectivity index (χ1n) is 7.02. The summed E-state index contributed by atoms with van der Waals surface area (Å²) < 4.78 is 6.09. The third-order valence-corrected chi connectivity index (χ3v) is 3.51. The fourth-order valence-electron chi connectivity index (χ4n) is 1.64. The molecule has 0 fully saturated rings. The summed E-state index contributed by atoms with van der Waals surface area (Å²) in [6.45, 7) is 3.43. The summed E-state index contributed by atoms with van der Waals surface area (Å²) in [5, 5.41) is 6.14. The molecule has 122 valence electrons. The van der Waals surface area contributed by atoms with Crippen molar-refractivity contribution in [1.82, 2.24) is 15.5 Å². The molecule has 6 nitrogen and oxygen atoms in total. The molecule has 0 bridgehead atoms.